The van der Waals surface area contributed by atoms with Gasteiger partial charge in [0.05, 0.1) is 25.2 Å². The maximum Gasteiger partial charge on any atom is 0.331 e. The number of carbonyl (C=O) groups excluding carboxylic acids is 2. The van der Waals surface area contributed by atoms with E-state index < -0.39 is 14.1 Å². The quantitative estimate of drug-likeness (QED) is 0.386. The molecule has 7 heteroatoms. The van der Waals surface area contributed by atoms with Crippen LogP contribution in [0, 0.1) is 0 Å². The third kappa shape index (κ3) is 6.14. The average molecular weight is 510 g/mol. The van der Waals surface area contributed by atoms with Gasteiger partial charge in [-0.1, -0.05) is 87.1 Å². The van der Waals surface area contributed by atoms with Crippen molar-refractivity contribution in [3.8, 4) is 0 Å². The highest BCUT2D eigenvalue weighted by Gasteiger charge is 2.47. The molecule has 1 heterocycles. The summed E-state index contributed by atoms with van der Waals surface area (Å²) in [5.74, 6) is -0.0148. The van der Waals surface area contributed by atoms with Crippen molar-refractivity contribution in [2.45, 2.75) is 51.6 Å². The highest BCUT2D eigenvalue weighted by molar-refractivity contribution is 8.14. The van der Waals surface area contributed by atoms with Crippen LogP contribution < -0.4 is 10.4 Å². The summed E-state index contributed by atoms with van der Waals surface area (Å²) >= 11 is 1.51. The predicted octanol–water partition coefficient (Wildman–Crippen LogP) is 4.55. The van der Waals surface area contributed by atoms with E-state index in [1.54, 1.807) is 0 Å². The van der Waals surface area contributed by atoms with Gasteiger partial charge in [-0.05, 0) is 27.9 Å². The number of ether oxygens (including phenoxy) is 2. The molecule has 1 aliphatic rings. The minimum absolute atomic E-state index is 0.0630. The fraction of sp³-hybridized carbons (Fsp3) is 0.393. The Morgan fingerprint density at radius 2 is 1.63 bits per heavy atom. The van der Waals surface area contributed by atoms with Crippen LogP contribution in [-0.2, 0) is 19.1 Å². The molecule has 5 nitrogen and oxygen atoms in total. The van der Waals surface area contributed by atoms with Gasteiger partial charge in [0.25, 0.3) is 0 Å². The lowest BCUT2D eigenvalue weighted by atomic mass is 10.2. The minimum atomic E-state index is -2.51. The summed E-state index contributed by atoms with van der Waals surface area (Å²) in [6, 6.07) is 20.8. The number of thioether (sulfide) groups is 1. The zero-order valence-corrected chi connectivity index (χ0v) is 23.1. The molecule has 1 atom stereocenters. The van der Waals surface area contributed by atoms with Gasteiger partial charge in [-0.15, -0.1) is 11.8 Å². The third-order valence-electron chi connectivity index (χ3n) is 6.32. The summed E-state index contributed by atoms with van der Waals surface area (Å²) < 4.78 is 10.1. The van der Waals surface area contributed by atoms with Crippen molar-refractivity contribution in [3.05, 3.63) is 71.9 Å². The first-order chi connectivity index (χ1) is 16.7. The first-order valence-electron chi connectivity index (χ1n) is 12.0. The number of aliphatic imine (C=N–C) groups is 1. The molecular formula is C28H35NO4SSi. The van der Waals surface area contributed by atoms with E-state index in [4.69, 9.17) is 14.5 Å². The zero-order valence-electron chi connectivity index (χ0n) is 21.2. The van der Waals surface area contributed by atoms with E-state index in [0.717, 1.165) is 10.6 Å². The molecule has 35 heavy (non-hydrogen) atoms. The van der Waals surface area contributed by atoms with Crippen LogP contribution >= 0.6 is 11.8 Å². The van der Waals surface area contributed by atoms with E-state index in [0.29, 0.717) is 18.8 Å². The standard InChI is InChI=1S/C28H35NO4SSi/c1-6-33-27(31)24-19-21(26(29-24)34-18-17-25(30)32-5)20-35(28(2,3)4,22-13-9-7-10-14-22)23-15-11-8-12-16-23/h7-16,20,24H,6,17-19H2,1-5H3/b21-20+. The molecule has 1 aliphatic heterocycles. The molecule has 186 valence electrons. The lowest BCUT2D eigenvalue weighted by molar-refractivity contribution is -0.144. The number of hydrogen-bond donors (Lipinski definition) is 0. The van der Waals surface area contributed by atoms with Crippen molar-refractivity contribution in [2.24, 2.45) is 4.99 Å². The van der Waals surface area contributed by atoms with E-state index in [1.165, 1.54) is 29.2 Å². The maximum atomic E-state index is 12.6. The average Bonchev–Trinajstić information content (AvgIpc) is 3.25. The second-order valence-electron chi connectivity index (χ2n) is 9.54. The summed E-state index contributed by atoms with van der Waals surface area (Å²) in [5, 5.41) is 3.38. The van der Waals surface area contributed by atoms with Crippen LogP contribution in [0.15, 0.2) is 76.9 Å². The number of methoxy groups -OCH3 is 1. The summed E-state index contributed by atoms with van der Waals surface area (Å²) in [4.78, 5) is 29.1. The molecule has 0 bridgehead atoms. The Morgan fingerprint density at radius 1 is 1.06 bits per heavy atom. The number of hydrogen-bond acceptors (Lipinski definition) is 6. The Kier molecular flexibility index (Phi) is 9.13. The maximum absolute atomic E-state index is 12.6. The van der Waals surface area contributed by atoms with Crippen molar-refractivity contribution in [1.29, 1.82) is 0 Å². The molecule has 1 unspecified atom stereocenters. The summed E-state index contributed by atoms with van der Waals surface area (Å²) in [5.41, 5.74) is 3.49. The molecule has 0 fully saturated rings. The number of carbonyl (C=O) groups is 2. The second-order valence-corrected chi connectivity index (χ2v) is 15.2. The Labute approximate surface area is 214 Å². The Balaban J connectivity index is 2.14. The molecular weight excluding hydrogens is 474 g/mol. The number of rotatable bonds is 8. The van der Waals surface area contributed by atoms with Crippen LogP contribution in [0.3, 0.4) is 0 Å². The molecule has 3 rings (SSSR count). The first kappa shape index (κ1) is 27.0. The van der Waals surface area contributed by atoms with Crippen molar-refractivity contribution >= 4 is 47.2 Å². The summed E-state index contributed by atoms with van der Waals surface area (Å²) in [6.45, 7) is 9.03. The molecule has 2 aromatic carbocycles. The Morgan fingerprint density at radius 3 is 2.11 bits per heavy atom. The van der Waals surface area contributed by atoms with Gasteiger partial charge in [0.1, 0.15) is 8.07 Å². The van der Waals surface area contributed by atoms with Gasteiger partial charge in [0.2, 0.25) is 0 Å². The molecule has 0 N–H and O–H groups in total. The van der Waals surface area contributed by atoms with Gasteiger partial charge in [-0.2, -0.15) is 0 Å². The zero-order chi connectivity index (χ0) is 25.5. The van der Waals surface area contributed by atoms with E-state index in [2.05, 4.69) is 75.0 Å². The number of benzene rings is 2. The fourth-order valence-corrected chi connectivity index (χ4v) is 10.7. The van der Waals surface area contributed by atoms with Crippen molar-refractivity contribution in [3.63, 3.8) is 0 Å². The van der Waals surface area contributed by atoms with Crippen LogP contribution in [0.2, 0.25) is 5.04 Å². The lowest BCUT2D eigenvalue weighted by Gasteiger charge is -2.42. The van der Waals surface area contributed by atoms with Crippen molar-refractivity contribution in [1.82, 2.24) is 0 Å². The van der Waals surface area contributed by atoms with Gasteiger partial charge in [-0.25, -0.2) is 4.79 Å². The van der Waals surface area contributed by atoms with E-state index >= 15 is 0 Å². The monoisotopic (exact) mass is 509 g/mol. The number of esters is 2. The molecule has 0 saturated heterocycles. The van der Waals surface area contributed by atoms with Crippen LogP contribution in [0.5, 0.6) is 0 Å². The lowest BCUT2D eigenvalue weighted by Crippen LogP contribution is -2.63. The van der Waals surface area contributed by atoms with E-state index in [9.17, 15) is 9.59 Å². The summed E-state index contributed by atoms with van der Waals surface area (Å²) in [6.07, 6.45) is 0.792. The van der Waals surface area contributed by atoms with Crippen LogP contribution in [0.1, 0.15) is 40.5 Å². The third-order valence-corrected chi connectivity index (χ3v) is 13.0. The van der Waals surface area contributed by atoms with Gasteiger partial charge in [0.15, 0.2) is 6.04 Å². The molecule has 2 aromatic rings. The number of nitrogens with zero attached hydrogens (tertiary/aromatic N) is 1. The fourth-order valence-electron chi connectivity index (χ4n) is 4.60. The van der Waals surface area contributed by atoms with Gasteiger partial charge < -0.3 is 9.47 Å². The normalized spacial score (nSPS) is 17.2. The highest BCUT2D eigenvalue weighted by Crippen LogP contribution is 2.39. The van der Waals surface area contributed by atoms with Crippen molar-refractivity contribution in [2.75, 3.05) is 19.5 Å². The molecule has 0 radical (unpaired) electrons. The van der Waals surface area contributed by atoms with Crippen molar-refractivity contribution < 1.29 is 19.1 Å². The molecule has 0 aliphatic carbocycles. The topological polar surface area (TPSA) is 65.0 Å². The largest absolute Gasteiger partial charge is 0.469 e. The SMILES string of the molecule is CCOC(=O)C1C/C(=C\[Si](c2ccccc2)(c2ccccc2)C(C)(C)C)C(SCCC(=O)OC)=N1. The second kappa shape index (κ2) is 11.9. The predicted molar refractivity (Wildman–Crippen MR) is 147 cm³/mol. The smallest absolute Gasteiger partial charge is 0.331 e. The molecule has 0 spiro atoms. The van der Waals surface area contributed by atoms with Crippen LogP contribution in [0.4, 0.5) is 0 Å². The van der Waals surface area contributed by atoms with Gasteiger partial charge in [0, 0.05) is 12.2 Å². The van der Waals surface area contributed by atoms with Gasteiger partial charge >= 0.3 is 11.9 Å². The van der Waals surface area contributed by atoms with E-state index in [1.807, 2.05) is 19.1 Å². The Hall–Kier alpha value is -2.64. The van der Waals surface area contributed by atoms with E-state index in [-0.39, 0.29) is 23.4 Å². The molecule has 0 amide bonds. The minimum Gasteiger partial charge on any atom is -0.469 e. The highest BCUT2D eigenvalue weighted by atomic mass is 32.2. The summed E-state index contributed by atoms with van der Waals surface area (Å²) in [7, 11) is -1.11. The van der Waals surface area contributed by atoms with Gasteiger partial charge in [-0.3, -0.25) is 9.79 Å². The van der Waals surface area contributed by atoms with Crippen LogP contribution in [0.25, 0.3) is 0 Å². The molecule has 0 saturated carbocycles. The Bertz CT molecular complexity index is 1040. The first-order valence-corrected chi connectivity index (χ1v) is 15.1. The van der Waals surface area contributed by atoms with Crippen LogP contribution in [-0.4, -0.2) is 50.6 Å². The molecule has 0 aromatic heterocycles.